The average molecular weight is 360 g/mol. The van der Waals surface area contributed by atoms with E-state index in [0.717, 1.165) is 43.5 Å². The van der Waals surface area contributed by atoms with E-state index in [1.165, 1.54) is 0 Å². The maximum absolute atomic E-state index is 12.7. The first-order chi connectivity index (χ1) is 10.5. The van der Waals surface area contributed by atoms with Gasteiger partial charge in [-0.25, -0.2) is 0 Å². The summed E-state index contributed by atoms with van der Waals surface area (Å²) < 4.78 is 0. The predicted molar refractivity (Wildman–Crippen MR) is 97.5 cm³/mol. The molecule has 0 bridgehead atoms. The van der Waals surface area contributed by atoms with E-state index in [4.69, 9.17) is 23.2 Å². The summed E-state index contributed by atoms with van der Waals surface area (Å²) in [5.74, 6) is 1.96. The Hall–Kier alpha value is -0.220. The van der Waals surface area contributed by atoms with Crippen LogP contribution in [0.4, 0.5) is 0 Å². The largest absolute Gasteiger partial charge is 0.309 e. The van der Waals surface area contributed by atoms with Crippen LogP contribution in [0.2, 0.25) is 10.0 Å². The minimum atomic E-state index is -0.317. The van der Waals surface area contributed by atoms with Crippen molar-refractivity contribution in [1.29, 1.82) is 0 Å². The number of benzene rings is 1. The van der Waals surface area contributed by atoms with Crippen LogP contribution in [0.25, 0.3) is 0 Å². The van der Waals surface area contributed by atoms with Gasteiger partial charge < -0.3 is 4.90 Å². The first-order valence-electron chi connectivity index (χ1n) is 7.67. The van der Waals surface area contributed by atoms with Crippen LogP contribution in [0.1, 0.15) is 31.2 Å². The summed E-state index contributed by atoms with van der Waals surface area (Å²) in [6, 6.07) is 5.64. The minimum Gasteiger partial charge on any atom is -0.309 e. The standard InChI is InChI=1S/C17H23Cl2NOS/c1-20(2)9-4-10-22-12-16(21)17(7-3-8-17)13-5-6-14(18)15(19)11-13/h5-6,11H,3-4,7-10,12H2,1-2H3. The number of ketones is 1. The molecule has 22 heavy (non-hydrogen) atoms. The van der Waals surface area contributed by atoms with Crippen LogP contribution in [0.5, 0.6) is 0 Å². The number of Topliss-reactive ketones (excluding diaryl/α,β-unsaturated/α-hetero) is 1. The van der Waals surface area contributed by atoms with Gasteiger partial charge in [-0.3, -0.25) is 4.79 Å². The Kier molecular flexibility index (Phi) is 6.63. The van der Waals surface area contributed by atoms with Crippen molar-refractivity contribution in [2.75, 3.05) is 32.1 Å². The topological polar surface area (TPSA) is 20.3 Å². The Morgan fingerprint density at radius 1 is 1.27 bits per heavy atom. The zero-order valence-corrected chi connectivity index (χ0v) is 15.5. The third kappa shape index (κ3) is 4.19. The molecule has 1 aromatic rings. The molecule has 1 fully saturated rings. The fraction of sp³-hybridized carbons (Fsp3) is 0.588. The number of carbonyl (C=O) groups is 1. The first-order valence-corrected chi connectivity index (χ1v) is 9.58. The van der Waals surface area contributed by atoms with Crippen molar-refractivity contribution in [3.8, 4) is 0 Å². The SMILES string of the molecule is CN(C)CCCSCC(=O)C1(c2ccc(Cl)c(Cl)c2)CCC1. The summed E-state index contributed by atoms with van der Waals surface area (Å²) in [7, 11) is 4.15. The van der Waals surface area contributed by atoms with Crippen LogP contribution in [0, 0.1) is 0 Å². The molecule has 1 aromatic carbocycles. The molecule has 1 aliphatic rings. The Morgan fingerprint density at radius 3 is 2.55 bits per heavy atom. The molecular weight excluding hydrogens is 337 g/mol. The second-order valence-electron chi connectivity index (χ2n) is 6.20. The van der Waals surface area contributed by atoms with Crippen molar-refractivity contribution in [2.45, 2.75) is 31.1 Å². The summed E-state index contributed by atoms with van der Waals surface area (Å²) >= 11 is 13.9. The van der Waals surface area contributed by atoms with Crippen molar-refractivity contribution in [3.05, 3.63) is 33.8 Å². The van der Waals surface area contributed by atoms with E-state index in [2.05, 4.69) is 19.0 Å². The van der Waals surface area contributed by atoms with Gasteiger partial charge in [0.25, 0.3) is 0 Å². The lowest BCUT2D eigenvalue weighted by Gasteiger charge is -2.41. The van der Waals surface area contributed by atoms with Gasteiger partial charge in [0.15, 0.2) is 5.78 Å². The van der Waals surface area contributed by atoms with Gasteiger partial charge in [0, 0.05) is 0 Å². The molecule has 2 rings (SSSR count). The molecule has 0 aliphatic heterocycles. The molecule has 5 heteroatoms. The lowest BCUT2D eigenvalue weighted by Crippen LogP contribution is -2.43. The first kappa shape index (κ1) is 18.1. The normalized spacial score (nSPS) is 16.6. The molecule has 0 spiro atoms. The quantitative estimate of drug-likeness (QED) is 0.629. The zero-order valence-electron chi connectivity index (χ0n) is 13.2. The Morgan fingerprint density at radius 2 is 2.00 bits per heavy atom. The van der Waals surface area contributed by atoms with Crippen molar-refractivity contribution in [2.24, 2.45) is 0 Å². The minimum absolute atomic E-state index is 0.317. The highest BCUT2D eigenvalue weighted by atomic mass is 35.5. The number of hydrogen-bond donors (Lipinski definition) is 0. The lowest BCUT2D eigenvalue weighted by atomic mass is 9.62. The summed E-state index contributed by atoms with van der Waals surface area (Å²) in [6.45, 7) is 1.07. The lowest BCUT2D eigenvalue weighted by molar-refractivity contribution is -0.125. The average Bonchev–Trinajstić information content (AvgIpc) is 2.41. The highest BCUT2D eigenvalue weighted by Gasteiger charge is 2.44. The van der Waals surface area contributed by atoms with Gasteiger partial charge in [-0.05, 0) is 63.4 Å². The van der Waals surface area contributed by atoms with Crippen LogP contribution in [0.15, 0.2) is 18.2 Å². The van der Waals surface area contributed by atoms with Crippen LogP contribution in [-0.2, 0) is 10.2 Å². The molecule has 2 nitrogen and oxygen atoms in total. The van der Waals surface area contributed by atoms with E-state index in [0.29, 0.717) is 21.6 Å². The van der Waals surface area contributed by atoms with Crippen LogP contribution < -0.4 is 0 Å². The van der Waals surface area contributed by atoms with E-state index in [-0.39, 0.29) is 5.41 Å². The molecule has 0 saturated heterocycles. The van der Waals surface area contributed by atoms with E-state index < -0.39 is 0 Å². The van der Waals surface area contributed by atoms with Crippen LogP contribution in [0.3, 0.4) is 0 Å². The van der Waals surface area contributed by atoms with Gasteiger partial charge >= 0.3 is 0 Å². The molecule has 0 amide bonds. The highest BCUT2D eigenvalue weighted by Crippen LogP contribution is 2.46. The summed E-state index contributed by atoms with van der Waals surface area (Å²) in [5, 5.41) is 1.09. The zero-order chi connectivity index (χ0) is 16.2. The van der Waals surface area contributed by atoms with Crippen molar-refractivity contribution in [3.63, 3.8) is 0 Å². The molecule has 1 saturated carbocycles. The van der Waals surface area contributed by atoms with Crippen molar-refractivity contribution >= 4 is 40.7 Å². The smallest absolute Gasteiger partial charge is 0.153 e. The number of carbonyl (C=O) groups excluding carboxylic acids is 1. The van der Waals surface area contributed by atoms with Gasteiger partial charge in [0.1, 0.15) is 0 Å². The summed E-state index contributed by atoms with van der Waals surface area (Å²) in [6.07, 6.45) is 4.09. The number of nitrogens with zero attached hydrogens (tertiary/aromatic N) is 1. The second kappa shape index (κ2) is 8.05. The van der Waals surface area contributed by atoms with Crippen molar-refractivity contribution in [1.82, 2.24) is 4.90 Å². The van der Waals surface area contributed by atoms with Crippen LogP contribution >= 0.6 is 35.0 Å². The summed E-state index contributed by atoms with van der Waals surface area (Å²) in [4.78, 5) is 14.9. The van der Waals surface area contributed by atoms with Crippen LogP contribution in [-0.4, -0.2) is 42.8 Å². The summed E-state index contributed by atoms with van der Waals surface area (Å²) in [5.41, 5.74) is 0.718. The van der Waals surface area contributed by atoms with E-state index in [1.54, 1.807) is 17.8 Å². The molecule has 0 heterocycles. The number of thioether (sulfide) groups is 1. The van der Waals surface area contributed by atoms with Gasteiger partial charge in [0.05, 0.1) is 21.2 Å². The fourth-order valence-electron chi connectivity index (χ4n) is 2.84. The van der Waals surface area contributed by atoms with E-state index in [1.807, 2.05) is 12.1 Å². The number of rotatable bonds is 8. The van der Waals surface area contributed by atoms with E-state index in [9.17, 15) is 4.79 Å². The monoisotopic (exact) mass is 359 g/mol. The highest BCUT2D eigenvalue weighted by molar-refractivity contribution is 7.99. The van der Waals surface area contributed by atoms with Gasteiger partial charge in [-0.2, -0.15) is 11.8 Å². The Balaban J connectivity index is 1.95. The molecule has 1 aliphatic carbocycles. The fourth-order valence-corrected chi connectivity index (χ4v) is 4.08. The molecule has 0 N–H and O–H groups in total. The third-order valence-electron chi connectivity index (χ3n) is 4.34. The maximum atomic E-state index is 12.7. The van der Waals surface area contributed by atoms with E-state index >= 15 is 0 Å². The Labute approximate surface area is 147 Å². The van der Waals surface area contributed by atoms with Crippen molar-refractivity contribution < 1.29 is 4.79 Å². The number of halogens is 2. The molecule has 0 radical (unpaired) electrons. The van der Waals surface area contributed by atoms with Gasteiger partial charge in [-0.15, -0.1) is 0 Å². The maximum Gasteiger partial charge on any atom is 0.153 e. The van der Waals surface area contributed by atoms with Gasteiger partial charge in [0.2, 0.25) is 0 Å². The molecule has 0 atom stereocenters. The predicted octanol–water partition coefficient (Wildman–Crippen LogP) is 4.67. The van der Waals surface area contributed by atoms with Gasteiger partial charge in [-0.1, -0.05) is 35.7 Å². The molecule has 0 unspecified atom stereocenters. The number of hydrogen-bond acceptors (Lipinski definition) is 3. The third-order valence-corrected chi connectivity index (χ3v) is 6.12. The molecular formula is C17H23Cl2NOS. The molecule has 0 aromatic heterocycles. The second-order valence-corrected chi connectivity index (χ2v) is 8.12. The Bertz CT molecular complexity index is 529. The molecule has 122 valence electrons.